The first-order valence-electron chi connectivity index (χ1n) is 9.06. The van der Waals surface area contributed by atoms with E-state index in [1.54, 1.807) is 6.20 Å². The smallest absolute Gasteiger partial charge is 0.200 e. The maximum Gasteiger partial charge on any atom is 0.200 e. The molecule has 3 aromatic heterocycles. The Morgan fingerprint density at radius 1 is 1.14 bits per heavy atom. The van der Waals surface area contributed by atoms with Crippen LogP contribution in [-0.4, -0.2) is 55.6 Å². The maximum atomic E-state index is 5.50. The third-order valence-electron chi connectivity index (χ3n) is 4.36. The van der Waals surface area contributed by atoms with E-state index >= 15 is 0 Å². The molecule has 3 aromatic rings. The molecule has 0 aliphatic carbocycles. The average molecular weight is 426 g/mol. The van der Waals surface area contributed by atoms with Gasteiger partial charge in [-0.3, -0.25) is 4.98 Å². The summed E-state index contributed by atoms with van der Waals surface area (Å²) < 4.78 is 9.58. The lowest BCUT2D eigenvalue weighted by molar-refractivity contribution is 0.136. The number of fused-ring (bicyclic) bond motifs is 1. The summed E-state index contributed by atoms with van der Waals surface area (Å²) in [5.41, 5.74) is 1.61. The number of nitrogens with zero attached hydrogens (tertiary/aromatic N) is 6. The van der Waals surface area contributed by atoms with Gasteiger partial charge < -0.3 is 14.6 Å². The van der Waals surface area contributed by atoms with Gasteiger partial charge in [-0.1, -0.05) is 6.07 Å². The minimum Gasteiger partial charge on any atom is -0.380 e. The number of aromatic nitrogens is 6. The fourth-order valence-corrected chi connectivity index (χ4v) is 3.07. The van der Waals surface area contributed by atoms with Crippen molar-refractivity contribution in [1.29, 1.82) is 0 Å². The number of ether oxygens (including phenoxy) is 1. The van der Waals surface area contributed by atoms with Crippen molar-refractivity contribution in [3.05, 3.63) is 36.4 Å². The van der Waals surface area contributed by atoms with Crippen molar-refractivity contribution in [2.24, 2.45) is 0 Å². The van der Waals surface area contributed by atoms with Crippen LogP contribution in [0, 0.1) is 0 Å². The van der Waals surface area contributed by atoms with Crippen LogP contribution in [0.3, 0.4) is 0 Å². The van der Waals surface area contributed by atoms with Gasteiger partial charge in [0.2, 0.25) is 0 Å². The second-order valence-electron chi connectivity index (χ2n) is 6.13. The molecule has 0 unspecified atom stereocenters. The Morgan fingerprint density at radius 3 is 2.82 bits per heavy atom. The van der Waals surface area contributed by atoms with Crippen molar-refractivity contribution in [2.75, 3.05) is 26.3 Å². The molecule has 28 heavy (non-hydrogen) atoms. The molecule has 152 valence electrons. The van der Waals surface area contributed by atoms with Crippen LogP contribution in [0.15, 0.2) is 30.6 Å². The van der Waals surface area contributed by atoms with Crippen LogP contribution in [0.2, 0.25) is 0 Å². The molecule has 0 atom stereocenters. The molecular weight excluding hydrogens is 401 g/mol. The van der Waals surface area contributed by atoms with Crippen LogP contribution in [0.5, 0.6) is 0 Å². The van der Waals surface area contributed by atoms with Crippen LogP contribution in [0.4, 0.5) is 0 Å². The van der Waals surface area contributed by atoms with E-state index in [2.05, 4.69) is 26.2 Å². The van der Waals surface area contributed by atoms with Crippen molar-refractivity contribution in [3.63, 3.8) is 0 Å². The topological polar surface area (TPSA) is 82.7 Å². The van der Waals surface area contributed by atoms with Crippen molar-refractivity contribution in [3.8, 4) is 23.0 Å². The molecule has 0 aromatic carbocycles. The molecular formula is C18H25Cl2N7O. The molecule has 0 saturated heterocycles. The first-order chi connectivity index (χ1) is 12.8. The lowest BCUT2D eigenvalue weighted by Gasteiger charge is -2.04. The fraction of sp³-hybridized carbons (Fsp3) is 0.444. The average Bonchev–Trinajstić information content (AvgIpc) is 3.21. The predicted octanol–water partition coefficient (Wildman–Crippen LogP) is 2.23. The molecule has 1 N–H and O–H groups in total. The zero-order valence-corrected chi connectivity index (χ0v) is 17.4. The Bertz CT molecular complexity index is 843. The van der Waals surface area contributed by atoms with Gasteiger partial charge in [-0.05, 0) is 19.1 Å². The van der Waals surface area contributed by atoms with Gasteiger partial charge in [0.15, 0.2) is 11.6 Å². The molecule has 8 nitrogen and oxygen atoms in total. The van der Waals surface area contributed by atoms with Crippen LogP contribution in [0.1, 0.15) is 12.7 Å². The number of hydrogen-bond acceptors (Lipinski definition) is 6. The highest BCUT2D eigenvalue weighted by atomic mass is 35.5. The Labute approximate surface area is 176 Å². The standard InChI is InChI=1S/C18H23N7O.2ClH/c1-2-26-12-11-25-18(22-17(23-25)14-5-3-4-7-20-14)15-13-24-10-9-19-8-6-16(24)21-15;;/h3-5,7,13,19H,2,6,8-12H2,1H3;2*1H. The molecule has 10 heteroatoms. The number of pyridine rings is 1. The fourth-order valence-electron chi connectivity index (χ4n) is 3.07. The third kappa shape index (κ3) is 4.88. The SMILES string of the molecule is CCOCCn1nc(-c2ccccn2)nc1-c1cn2c(n1)CCNCC2.Cl.Cl. The van der Waals surface area contributed by atoms with E-state index in [-0.39, 0.29) is 24.8 Å². The number of halogens is 2. The van der Waals surface area contributed by atoms with Gasteiger partial charge in [-0.15, -0.1) is 29.9 Å². The summed E-state index contributed by atoms with van der Waals surface area (Å²) in [5.74, 6) is 2.46. The number of imidazole rings is 1. The van der Waals surface area contributed by atoms with Crippen LogP contribution in [0.25, 0.3) is 23.0 Å². The Hall–Kier alpha value is -2.00. The van der Waals surface area contributed by atoms with E-state index in [9.17, 15) is 0 Å². The number of nitrogens with one attached hydrogen (secondary N) is 1. The quantitative estimate of drug-likeness (QED) is 0.609. The Morgan fingerprint density at radius 2 is 2.04 bits per heavy atom. The highest BCUT2D eigenvalue weighted by Gasteiger charge is 2.19. The highest BCUT2D eigenvalue weighted by molar-refractivity contribution is 5.85. The van der Waals surface area contributed by atoms with E-state index in [1.165, 1.54) is 0 Å². The molecule has 1 aliphatic heterocycles. The van der Waals surface area contributed by atoms with E-state index in [0.29, 0.717) is 25.6 Å². The van der Waals surface area contributed by atoms with Gasteiger partial charge in [0.05, 0.1) is 13.2 Å². The van der Waals surface area contributed by atoms with Gasteiger partial charge in [0, 0.05) is 45.1 Å². The molecule has 0 saturated carbocycles. The highest BCUT2D eigenvalue weighted by Crippen LogP contribution is 2.22. The van der Waals surface area contributed by atoms with Gasteiger partial charge in [0.25, 0.3) is 0 Å². The summed E-state index contributed by atoms with van der Waals surface area (Å²) in [7, 11) is 0. The normalized spacial score (nSPS) is 13.2. The van der Waals surface area contributed by atoms with E-state index in [1.807, 2.05) is 29.8 Å². The van der Waals surface area contributed by atoms with E-state index < -0.39 is 0 Å². The summed E-state index contributed by atoms with van der Waals surface area (Å²) in [4.78, 5) is 13.9. The van der Waals surface area contributed by atoms with Gasteiger partial charge in [0.1, 0.15) is 17.2 Å². The lowest BCUT2D eigenvalue weighted by Crippen LogP contribution is -2.17. The summed E-state index contributed by atoms with van der Waals surface area (Å²) in [6, 6.07) is 5.74. The molecule has 0 fully saturated rings. The van der Waals surface area contributed by atoms with Gasteiger partial charge >= 0.3 is 0 Å². The summed E-state index contributed by atoms with van der Waals surface area (Å²) in [6.07, 6.45) is 4.74. The molecule has 4 heterocycles. The molecule has 4 rings (SSSR count). The summed E-state index contributed by atoms with van der Waals surface area (Å²) in [5, 5.41) is 8.05. The molecule has 0 bridgehead atoms. The van der Waals surface area contributed by atoms with E-state index in [0.717, 1.165) is 49.1 Å². The second-order valence-corrected chi connectivity index (χ2v) is 6.13. The zero-order valence-electron chi connectivity index (χ0n) is 15.7. The maximum absolute atomic E-state index is 5.50. The van der Waals surface area contributed by atoms with Crippen molar-refractivity contribution in [2.45, 2.75) is 26.4 Å². The van der Waals surface area contributed by atoms with Crippen molar-refractivity contribution < 1.29 is 4.74 Å². The minimum atomic E-state index is 0. The summed E-state index contributed by atoms with van der Waals surface area (Å²) >= 11 is 0. The van der Waals surface area contributed by atoms with Gasteiger partial charge in [-0.2, -0.15) is 0 Å². The Kier molecular flexibility index (Phi) is 8.37. The second kappa shape index (κ2) is 10.5. The van der Waals surface area contributed by atoms with Crippen LogP contribution >= 0.6 is 24.8 Å². The molecule has 1 aliphatic rings. The molecule has 0 spiro atoms. The van der Waals surface area contributed by atoms with Crippen molar-refractivity contribution >= 4 is 24.8 Å². The first kappa shape index (κ1) is 22.3. The zero-order chi connectivity index (χ0) is 17.8. The van der Waals surface area contributed by atoms with Crippen LogP contribution in [-0.2, 0) is 24.2 Å². The van der Waals surface area contributed by atoms with Crippen LogP contribution < -0.4 is 5.32 Å². The largest absolute Gasteiger partial charge is 0.380 e. The third-order valence-corrected chi connectivity index (χ3v) is 4.36. The number of hydrogen-bond donors (Lipinski definition) is 1. The van der Waals surface area contributed by atoms with Gasteiger partial charge in [-0.25, -0.2) is 14.6 Å². The number of rotatable bonds is 6. The lowest BCUT2D eigenvalue weighted by atomic mass is 10.3. The monoisotopic (exact) mass is 425 g/mol. The molecule has 0 amide bonds. The minimum absolute atomic E-state index is 0. The predicted molar refractivity (Wildman–Crippen MR) is 112 cm³/mol. The van der Waals surface area contributed by atoms with Crippen molar-refractivity contribution in [1.82, 2.24) is 34.6 Å². The Balaban J connectivity index is 0.00000140. The molecule has 0 radical (unpaired) electrons. The van der Waals surface area contributed by atoms with E-state index in [4.69, 9.17) is 14.7 Å². The summed E-state index contributed by atoms with van der Waals surface area (Å²) in [6.45, 7) is 6.72. The first-order valence-corrected chi connectivity index (χ1v) is 9.06.